The van der Waals surface area contributed by atoms with E-state index in [2.05, 4.69) is 20.6 Å². The molecule has 16 heavy (non-hydrogen) atoms. The van der Waals surface area contributed by atoms with Gasteiger partial charge in [0.2, 0.25) is 0 Å². The number of nitrogens with one attached hydrogen (secondary N) is 4. The smallest absolute Gasteiger partial charge is 0.308 e. The molecule has 0 amide bonds. The van der Waals surface area contributed by atoms with Crippen molar-refractivity contribution in [3.05, 3.63) is 34.2 Å². The molecule has 86 valence electrons. The van der Waals surface area contributed by atoms with Crippen LogP contribution < -0.4 is 16.3 Å². The Bertz CT molecular complexity index is 514. The van der Waals surface area contributed by atoms with E-state index in [0.29, 0.717) is 0 Å². The van der Waals surface area contributed by atoms with Crippen molar-refractivity contribution in [3.8, 4) is 0 Å². The first-order chi connectivity index (χ1) is 7.79. The zero-order valence-corrected chi connectivity index (χ0v) is 9.26. The zero-order valence-electron chi connectivity index (χ0n) is 9.26. The van der Waals surface area contributed by atoms with Crippen LogP contribution in [0.15, 0.2) is 23.0 Å². The Hall–Kier alpha value is -1.59. The first kappa shape index (κ1) is 10.9. The molecule has 0 saturated heterocycles. The topological polar surface area (TPSA) is 72.7 Å². The summed E-state index contributed by atoms with van der Waals surface area (Å²) in [5, 5.41) is 6.27. The molecular weight excluding hydrogens is 204 g/mol. The molecule has 2 rings (SSSR count). The van der Waals surface area contributed by atoms with E-state index in [1.807, 2.05) is 25.2 Å². The largest absolute Gasteiger partial charge is 0.323 e. The molecule has 2 aromatic rings. The number of benzene rings is 1. The zero-order chi connectivity index (χ0) is 11.4. The van der Waals surface area contributed by atoms with Gasteiger partial charge in [0.1, 0.15) is 0 Å². The minimum absolute atomic E-state index is 0.152. The normalized spacial score (nSPS) is 11.1. The predicted octanol–water partition coefficient (Wildman–Crippen LogP) is 0.165. The molecule has 0 unspecified atom stereocenters. The van der Waals surface area contributed by atoms with E-state index >= 15 is 0 Å². The third-order valence-corrected chi connectivity index (χ3v) is 2.47. The third kappa shape index (κ3) is 2.50. The lowest BCUT2D eigenvalue weighted by atomic mass is 10.1. The van der Waals surface area contributed by atoms with E-state index in [-0.39, 0.29) is 5.69 Å². The minimum atomic E-state index is -0.152. The van der Waals surface area contributed by atoms with Crippen LogP contribution >= 0.6 is 0 Å². The molecule has 1 heterocycles. The molecule has 1 aromatic heterocycles. The Kier molecular flexibility index (Phi) is 3.38. The van der Waals surface area contributed by atoms with Gasteiger partial charge in [-0.1, -0.05) is 6.07 Å². The minimum Gasteiger partial charge on any atom is -0.308 e. The van der Waals surface area contributed by atoms with Gasteiger partial charge in [0.15, 0.2) is 0 Å². The Morgan fingerprint density at radius 2 is 2.06 bits per heavy atom. The number of aromatic amines is 2. The Morgan fingerprint density at radius 3 is 2.88 bits per heavy atom. The van der Waals surface area contributed by atoms with E-state index in [9.17, 15) is 4.79 Å². The molecule has 5 heteroatoms. The summed E-state index contributed by atoms with van der Waals surface area (Å²) in [6.45, 7) is 1.73. The lowest BCUT2D eigenvalue weighted by Gasteiger charge is -2.03. The second kappa shape index (κ2) is 4.96. The highest BCUT2D eigenvalue weighted by Crippen LogP contribution is 2.10. The highest BCUT2D eigenvalue weighted by Gasteiger charge is 1.99. The van der Waals surface area contributed by atoms with Crippen LogP contribution in [0.5, 0.6) is 0 Å². The highest BCUT2D eigenvalue weighted by atomic mass is 16.1. The fraction of sp³-hybridized carbons (Fsp3) is 0.364. The van der Waals surface area contributed by atoms with E-state index in [1.165, 1.54) is 5.56 Å². The van der Waals surface area contributed by atoms with Gasteiger partial charge < -0.3 is 20.6 Å². The Morgan fingerprint density at radius 1 is 1.25 bits per heavy atom. The fourth-order valence-electron chi connectivity index (χ4n) is 1.68. The van der Waals surface area contributed by atoms with E-state index in [1.54, 1.807) is 0 Å². The average Bonchev–Trinajstić information content (AvgIpc) is 2.64. The molecule has 0 fully saturated rings. The monoisotopic (exact) mass is 220 g/mol. The van der Waals surface area contributed by atoms with Crippen LogP contribution in [0.2, 0.25) is 0 Å². The van der Waals surface area contributed by atoms with Gasteiger partial charge >= 0.3 is 5.69 Å². The van der Waals surface area contributed by atoms with Crippen molar-refractivity contribution in [1.29, 1.82) is 0 Å². The molecule has 4 N–H and O–H groups in total. The molecule has 1 aromatic carbocycles. The summed E-state index contributed by atoms with van der Waals surface area (Å²) in [5.41, 5.74) is 2.79. The average molecular weight is 220 g/mol. The number of H-pyrrole nitrogens is 2. The molecule has 0 radical (unpaired) electrons. The van der Waals surface area contributed by atoms with Gasteiger partial charge in [-0.15, -0.1) is 0 Å². The SMILES string of the molecule is CNCNCCc1ccc2[nH]c(=O)[nH]c2c1. The maximum absolute atomic E-state index is 11.1. The summed E-state index contributed by atoms with van der Waals surface area (Å²) in [7, 11) is 1.91. The fourth-order valence-corrected chi connectivity index (χ4v) is 1.68. The van der Waals surface area contributed by atoms with Crippen LogP contribution in [0.1, 0.15) is 5.56 Å². The summed E-state index contributed by atoms with van der Waals surface area (Å²) in [4.78, 5) is 16.5. The molecule has 0 aliphatic carbocycles. The van der Waals surface area contributed by atoms with Crippen molar-refractivity contribution in [2.24, 2.45) is 0 Å². The third-order valence-electron chi connectivity index (χ3n) is 2.47. The lowest BCUT2D eigenvalue weighted by Crippen LogP contribution is -2.27. The quantitative estimate of drug-likeness (QED) is 0.428. The van der Waals surface area contributed by atoms with E-state index < -0.39 is 0 Å². The second-order valence-electron chi connectivity index (χ2n) is 3.74. The van der Waals surface area contributed by atoms with Gasteiger partial charge in [0, 0.05) is 13.2 Å². The van der Waals surface area contributed by atoms with Gasteiger partial charge in [0.05, 0.1) is 11.0 Å². The molecule has 0 bridgehead atoms. The van der Waals surface area contributed by atoms with Gasteiger partial charge in [0.25, 0.3) is 0 Å². The molecule has 0 spiro atoms. The summed E-state index contributed by atoms with van der Waals surface area (Å²) in [5.74, 6) is 0. The first-order valence-corrected chi connectivity index (χ1v) is 5.36. The standard InChI is InChI=1S/C11H16N4O/c1-12-7-13-5-4-8-2-3-9-10(6-8)15-11(16)14-9/h2-3,6,12-13H,4-5,7H2,1H3,(H2,14,15,16). The Labute approximate surface area is 93.3 Å². The number of imidazole rings is 1. The van der Waals surface area contributed by atoms with Gasteiger partial charge in [-0.05, 0) is 31.2 Å². The van der Waals surface area contributed by atoms with E-state index in [4.69, 9.17) is 0 Å². The van der Waals surface area contributed by atoms with Crippen LogP contribution in [0, 0.1) is 0 Å². The van der Waals surface area contributed by atoms with Crippen LogP contribution in [0.25, 0.3) is 11.0 Å². The summed E-state index contributed by atoms with van der Waals surface area (Å²) in [6, 6.07) is 5.97. The molecule has 0 aliphatic heterocycles. The summed E-state index contributed by atoms with van der Waals surface area (Å²) < 4.78 is 0. The number of aromatic nitrogens is 2. The molecule has 0 atom stereocenters. The Balaban J connectivity index is 2.04. The first-order valence-electron chi connectivity index (χ1n) is 5.36. The maximum Gasteiger partial charge on any atom is 0.323 e. The van der Waals surface area contributed by atoms with Crippen molar-refractivity contribution in [2.75, 3.05) is 20.3 Å². The van der Waals surface area contributed by atoms with Gasteiger partial charge in [-0.3, -0.25) is 0 Å². The molecule has 0 saturated carbocycles. The highest BCUT2D eigenvalue weighted by molar-refractivity contribution is 5.74. The maximum atomic E-state index is 11.1. The second-order valence-corrected chi connectivity index (χ2v) is 3.74. The summed E-state index contributed by atoms with van der Waals surface area (Å²) in [6.07, 6.45) is 0.949. The van der Waals surface area contributed by atoms with Crippen molar-refractivity contribution in [2.45, 2.75) is 6.42 Å². The molecular formula is C11H16N4O. The number of fused-ring (bicyclic) bond motifs is 1. The number of hydrogen-bond donors (Lipinski definition) is 4. The number of hydrogen-bond acceptors (Lipinski definition) is 3. The van der Waals surface area contributed by atoms with Crippen LogP contribution in [-0.4, -0.2) is 30.2 Å². The summed E-state index contributed by atoms with van der Waals surface area (Å²) >= 11 is 0. The van der Waals surface area contributed by atoms with Crippen molar-refractivity contribution >= 4 is 11.0 Å². The predicted molar refractivity (Wildman–Crippen MR) is 64.6 cm³/mol. The van der Waals surface area contributed by atoms with Crippen LogP contribution in [-0.2, 0) is 6.42 Å². The lowest BCUT2D eigenvalue weighted by molar-refractivity contribution is 0.631. The van der Waals surface area contributed by atoms with Gasteiger partial charge in [-0.25, -0.2) is 4.79 Å². The molecule has 0 aliphatic rings. The van der Waals surface area contributed by atoms with Gasteiger partial charge in [-0.2, -0.15) is 0 Å². The van der Waals surface area contributed by atoms with Crippen molar-refractivity contribution in [1.82, 2.24) is 20.6 Å². The number of rotatable bonds is 5. The van der Waals surface area contributed by atoms with Crippen LogP contribution in [0.3, 0.4) is 0 Å². The van der Waals surface area contributed by atoms with Crippen LogP contribution in [0.4, 0.5) is 0 Å². The molecule has 5 nitrogen and oxygen atoms in total. The van der Waals surface area contributed by atoms with Crippen molar-refractivity contribution < 1.29 is 0 Å². The van der Waals surface area contributed by atoms with Crippen molar-refractivity contribution in [3.63, 3.8) is 0 Å². The van der Waals surface area contributed by atoms with E-state index in [0.717, 1.165) is 30.7 Å².